The lowest BCUT2D eigenvalue weighted by Gasteiger charge is -2.30. The molecule has 6 saturated carbocycles. The lowest BCUT2D eigenvalue weighted by Crippen LogP contribution is -2.39. The molecule has 6 fully saturated rings. The van der Waals surface area contributed by atoms with Crippen LogP contribution in [0.25, 0.3) is 0 Å². The van der Waals surface area contributed by atoms with Crippen LogP contribution >= 0.6 is 0 Å². The van der Waals surface area contributed by atoms with Gasteiger partial charge in [0, 0.05) is 0 Å². The first kappa shape index (κ1) is 63.8. The molecule has 20 nitrogen and oxygen atoms in total. The first-order chi connectivity index (χ1) is 33.0. The third kappa shape index (κ3) is 18.4. The zero-order chi connectivity index (χ0) is 54.9. The van der Waals surface area contributed by atoms with Crippen molar-refractivity contribution in [2.24, 2.45) is 66.9 Å². The van der Waals surface area contributed by atoms with Gasteiger partial charge in [-0.2, -0.15) is 0 Å². The van der Waals surface area contributed by atoms with E-state index < -0.39 is 71.9 Å². The van der Waals surface area contributed by atoms with Gasteiger partial charge in [-0.25, -0.2) is 54.2 Å². The van der Waals surface area contributed by atoms with Gasteiger partial charge in [-0.05, 0) is 167 Å². The average Bonchev–Trinajstić information content (AvgIpc) is 4.11. The molecule has 0 radical (unpaired) electrons. The Kier molecular flexibility index (Phi) is 23.1. The number of esters is 4. The molecular formula is C48H88N4O16S4. The number of carbonyl (C=O) groups excluding carboxylic acids is 4. The Bertz CT molecular complexity index is 2300. The zero-order valence-corrected chi connectivity index (χ0v) is 47.6. The number of hydrogen-bond donors (Lipinski definition) is 4. The number of carbonyl (C=O) groups is 4. The van der Waals surface area contributed by atoms with E-state index in [1.165, 1.54) is 0 Å². The summed E-state index contributed by atoms with van der Waals surface area (Å²) >= 11 is 0. The molecule has 10 unspecified atom stereocenters. The smallest absolute Gasteiger partial charge is 0.311 e. The van der Waals surface area contributed by atoms with Crippen LogP contribution in [0.5, 0.6) is 0 Å². The molecule has 0 aromatic rings. The van der Waals surface area contributed by atoms with Gasteiger partial charge in [-0.15, -0.1) is 0 Å². The molecule has 0 amide bonds. The molecule has 4 bridgehead atoms. The van der Waals surface area contributed by atoms with E-state index in [0.717, 1.165) is 38.5 Å². The Morgan fingerprint density at radius 1 is 0.444 bits per heavy atom. The van der Waals surface area contributed by atoms with Crippen LogP contribution < -0.4 is 20.6 Å². The van der Waals surface area contributed by atoms with Crippen molar-refractivity contribution >= 4 is 64.0 Å². The van der Waals surface area contributed by atoms with Gasteiger partial charge in [0.1, 0.15) is 24.4 Å². The second-order valence-electron chi connectivity index (χ2n) is 22.5. The summed E-state index contributed by atoms with van der Waals surface area (Å²) in [5.74, 6) is -0.458. The van der Waals surface area contributed by atoms with E-state index in [0.29, 0.717) is 77.0 Å². The van der Waals surface area contributed by atoms with Crippen molar-refractivity contribution in [2.75, 3.05) is 0 Å². The number of sulfonamides is 4. The summed E-state index contributed by atoms with van der Waals surface area (Å²) in [6.45, 7) is 18.9. The van der Waals surface area contributed by atoms with Crippen LogP contribution in [-0.2, 0) is 78.2 Å². The van der Waals surface area contributed by atoms with Crippen molar-refractivity contribution in [1.82, 2.24) is 0 Å². The van der Waals surface area contributed by atoms with Gasteiger partial charge >= 0.3 is 23.9 Å². The summed E-state index contributed by atoms with van der Waals surface area (Å²) in [4.78, 5) is 47.2. The third-order valence-corrected chi connectivity index (χ3v) is 22.1. The molecule has 24 heteroatoms. The monoisotopic (exact) mass is 1100 g/mol. The highest BCUT2D eigenvalue weighted by Crippen LogP contribution is 2.50. The summed E-state index contributed by atoms with van der Waals surface area (Å²) < 4.78 is 112. The number of rotatable bonds is 16. The van der Waals surface area contributed by atoms with Gasteiger partial charge < -0.3 is 18.9 Å². The molecule has 0 aromatic carbocycles. The lowest BCUT2D eigenvalue weighted by atomic mass is 9.90. The average molecular weight is 1110 g/mol. The van der Waals surface area contributed by atoms with Gasteiger partial charge in [-0.3, -0.25) is 19.2 Å². The third-order valence-electron chi connectivity index (χ3n) is 16.5. The Labute approximate surface area is 430 Å². The molecular weight excluding hydrogens is 1020 g/mol. The normalized spacial score (nSPS) is 31.2. The maximum absolute atomic E-state index is 12.0. The summed E-state index contributed by atoms with van der Waals surface area (Å²) in [7, 11) is -13.8. The molecule has 6 aliphatic carbocycles. The van der Waals surface area contributed by atoms with E-state index >= 15 is 0 Å². The minimum Gasteiger partial charge on any atom is -0.462 e. The van der Waals surface area contributed by atoms with Crippen LogP contribution in [0.15, 0.2) is 0 Å². The van der Waals surface area contributed by atoms with E-state index in [2.05, 4.69) is 0 Å². The highest BCUT2D eigenvalue weighted by Gasteiger charge is 2.53. The molecule has 0 saturated heterocycles. The molecule has 6 rings (SSSR count). The minimum absolute atomic E-state index is 0.0579. The molecule has 420 valence electrons. The molecule has 6 aliphatic rings. The van der Waals surface area contributed by atoms with Gasteiger partial charge in [0.25, 0.3) is 0 Å². The molecule has 8 N–H and O–H groups in total. The fourth-order valence-electron chi connectivity index (χ4n) is 10.2. The fraction of sp³-hybridized carbons (Fsp3) is 0.917. The second kappa shape index (κ2) is 26.0. The Morgan fingerprint density at radius 2 is 0.764 bits per heavy atom. The molecule has 72 heavy (non-hydrogen) atoms. The van der Waals surface area contributed by atoms with Crippen LogP contribution in [0, 0.1) is 46.3 Å². The summed E-state index contributed by atoms with van der Waals surface area (Å²) in [6.07, 6.45) is 10.7. The number of hydrogen-bond acceptors (Lipinski definition) is 16. The van der Waals surface area contributed by atoms with Crippen LogP contribution in [-0.4, -0.2) is 103 Å². The molecule has 0 heterocycles. The van der Waals surface area contributed by atoms with E-state index in [4.69, 9.17) is 39.5 Å². The van der Waals surface area contributed by atoms with E-state index in [1.54, 1.807) is 0 Å². The number of fused-ring (bicyclic) bond motifs is 4. The summed E-state index contributed by atoms with van der Waals surface area (Å²) in [5, 5.41) is 18.8. The van der Waals surface area contributed by atoms with Crippen LogP contribution in [0.3, 0.4) is 0 Å². The number of ether oxygens (including phenoxy) is 4. The molecule has 0 spiro atoms. The Hall–Kier alpha value is -2.48. The predicted molar refractivity (Wildman–Crippen MR) is 273 cm³/mol. The standard InChI is InChI=1S/C13H23NO4S.C12H21NO4S.C12H23NO4S.C11H21NO4S/c1-4-13(2,3)12(15)18-10-6-9-5-8(10)7-11(9)19(14,16)17;1-3-7(2)12(14)17-10-5-9-4-8(10)6-11(9)18(13,15)16;1-4-12(2,3)11(14)17-9-5-7-10(8-6-9)18(13,15)16;1-3-8(2)11(13)16-9-4-6-10(7-5-9)17(12,14)15/h8-11H,4-7H2,1-3H3,(H2,14,16,17);7-11H,3-6H2,1-2H3,(H2,13,15,16);9-10H,4-8H2,1-3H3,(H2,13,15,16);8-10H,3-7H2,1-2H3,(H2,12,14,15). The largest absolute Gasteiger partial charge is 0.462 e. The lowest BCUT2D eigenvalue weighted by molar-refractivity contribution is -0.162. The van der Waals surface area contributed by atoms with E-state index in [1.807, 2.05) is 69.2 Å². The van der Waals surface area contributed by atoms with Crippen LogP contribution in [0.1, 0.15) is 185 Å². The summed E-state index contributed by atoms with van der Waals surface area (Å²) in [5.41, 5.74) is -0.946. The van der Waals surface area contributed by atoms with Crippen molar-refractivity contribution in [2.45, 2.75) is 230 Å². The van der Waals surface area contributed by atoms with Crippen molar-refractivity contribution in [3.8, 4) is 0 Å². The van der Waals surface area contributed by atoms with Crippen LogP contribution in [0.2, 0.25) is 0 Å². The maximum atomic E-state index is 12.0. The highest BCUT2D eigenvalue weighted by atomic mass is 32.2. The Morgan fingerprint density at radius 3 is 1.06 bits per heavy atom. The van der Waals surface area contributed by atoms with Gasteiger partial charge in [-0.1, -0.05) is 41.5 Å². The van der Waals surface area contributed by atoms with Crippen molar-refractivity contribution in [3.63, 3.8) is 0 Å². The minimum atomic E-state index is -3.46. The quantitative estimate of drug-likeness (QED) is 0.114. The highest BCUT2D eigenvalue weighted by molar-refractivity contribution is 7.90. The zero-order valence-electron chi connectivity index (χ0n) is 44.3. The first-order valence-electron chi connectivity index (χ1n) is 25.9. The number of nitrogens with two attached hydrogens (primary N) is 4. The number of primary sulfonamides is 4. The van der Waals surface area contributed by atoms with Crippen LogP contribution in [0.4, 0.5) is 0 Å². The van der Waals surface area contributed by atoms with Gasteiger partial charge in [0.05, 0.1) is 43.7 Å². The second-order valence-corrected chi connectivity index (χ2v) is 29.8. The van der Waals surface area contributed by atoms with Crippen molar-refractivity contribution in [1.29, 1.82) is 0 Å². The fourth-order valence-corrected chi connectivity index (χ4v) is 14.6. The molecule has 0 aliphatic heterocycles. The van der Waals surface area contributed by atoms with Gasteiger partial charge in [0.15, 0.2) is 0 Å². The maximum Gasteiger partial charge on any atom is 0.311 e. The van der Waals surface area contributed by atoms with Gasteiger partial charge in [0.2, 0.25) is 40.1 Å². The SMILES string of the molecule is CCC(C)(C)C(=O)OC1CC2CC1CC2S(N)(=O)=O.CCC(C)(C)C(=O)OC1CCC(S(N)(=O)=O)CC1.CCC(C)C(=O)OC1CC2CC1CC2S(N)(=O)=O.CCC(C)C(=O)OC1CCC(S(N)(=O)=O)CC1. The van der Waals surface area contributed by atoms with E-state index in [9.17, 15) is 52.8 Å². The molecule has 0 aromatic heterocycles. The predicted octanol–water partition coefficient (Wildman–Crippen LogP) is 5.19. The molecule has 10 atom stereocenters. The van der Waals surface area contributed by atoms with E-state index in [-0.39, 0.29) is 83.8 Å². The van der Waals surface area contributed by atoms with Crippen molar-refractivity contribution in [3.05, 3.63) is 0 Å². The first-order valence-corrected chi connectivity index (χ1v) is 32.3. The van der Waals surface area contributed by atoms with Crippen molar-refractivity contribution < 1.29 is 71.8 Å². The Balaban J connectivity index is 0.000000254. The summed E-state index contributed by atoms with van der Waals surface area (Å²) in [6, 6.07) is 0. The topological polar surface area (TPSA) is 346 Å².